The van der Waals surface area contributed by atoms with Crippen molar-refractivity contribution in [3.05, 3.63) is 35.7 Å². The average Bonchev–Trinajstić information content (AvgIpc) is 2.96. The van der Waals surface area contributed by atoms with Crippen LogP contribution in [-0.2, 0) is 6.42 Å². The van der Waals surface area contributed by atoms with Gasteiger partial charge in [-0.2, -0.15) is 0 Å². The van der Waals surface area contributed by atoms with Crippen LogP contribution in [0.15, 0.2) is 28.5 Å². The zero-order valence-corrected chi connectivity index (χ0v) is 13.1. The Labute approximate surface area is 137 Å². The fraction of sp³-hybridized carbons (Fsp3) is 0.375. The second-order valence-corrected chi connectivity index (χ2v) is 5.18. The molecular formula is C16H18F2N2O4. The molecule has 0 saturated carbocycles. The van der Waals surface area contributed by atoms with Gasteiger partial charge in [0.05, 0.1) is 6.33 Å². The molecule has 1 heterocycles. The maximum absolute atomic E-state index is 14.1. The summed E-state index contributed by atoms with van der Waals surface area (Å²) >= 11 is 0. The highest BCUT2D eigenvalue weighted by Crippen LogP contribution is 2.26. The Morgan fingerprint density at radius 3 is 2.96 bits per heavy atom. The average molecular weight is 340 g/mol. The van der Waals surface area contributed by atoms with Crippen LogP contribution in [0.4, 0.5) is 13.6 Å². The molecule has 0 fully saturated rings. The van der Waals surface area contributed by atoms with E-state index in [0.29, 0.717) is 12.3 Å². The lowest BCUT2D eigenvalue weighted by Gasteiger charge is -2.08. The Morgan fingerprint density at radius 2 is 2.29 bits per heavy atom. The number of nitrogens with zero attached hydrogens (tertiary/aromatic N) is 1. The second-order valence-electron chi connectivity index (χ2n) is 5.18. The van der Waals surface area contributed by atoms with Gasteiger partial charge in [-0.25, -0.2) is 18.6 Å². The van der Waals surface area contributed by atoms with Gasteiger partial charge in [-0.05, 0) is 6.42 Å². The Balaban J connectivity index is 2.07. The summed E-state index contributed by atoms with van der Waals surface area (Å²) < 4.78 is 37.5. The minimum atomic E-state index is -1.27. The van der Waals surface area contributed by atoms with E-state index >= 15 is 0 Å². The summed E-state index contributed by atoms with van der Waals surface area (Å²) in [6.07, 6.45) is 1.46. The smallest absolute Gasteiger partial charge is 0.404 e. The van der Waals surface area contributed by atoms with Crippen molar-refractivity contribution in [2.45, 2.75) is 26.2 Å². The maximum Gasteiger partial charge on any atom is 0.404 e. The molecule has 2 rings (SSSR count). The van der Waals surface area contributed by atoms with Crippen molar-refractivity contribution in [2.75, 3.05) is 13.2 Å². The largest absolute Gasteiger partial charge is 0.489 e. The highest BCUT2D eigenvalue weighted by atomic mass is 19.1. The van der Waals surface area contributed by atoms with Crippen LogP contribution in [0.25, 0.3) is 11.1 Å². The van der Waals surface area contributed by atoms with Gasteiger partial charge in [0, 0.05) is 30.7 Å². The third kappa shape index (κ3) is 4.68. The number of carboxylic acid groups (broad SMARTS) is 1. The van der Waals surface area contributed by atoms with Gasteiger partial charge < -0.3 is 19.6 Å². The van der Waals surface area contributed by atoms with E-state index in [4.69, 9.17) is 14.3 Å². The number of nitrogens with one attached hydrogen (secondary N) is 1. The van der Waals surface area contributed by atoms with Gasteiger partial charge in [-0.1, -0.05) is 13.3 Å². The van der Waals surface area contributed by atoms with E-state index in [1.165, 1.54) is 6.07 Å². The van der Waals surface area contributed by atoms with Crippen molar-refractivity contribution in [1.82, 2.24) is 10.3 Å². The number of aryl methyl sites for hydroxylation is 1. The van der Waals surface area contributed by atoms with Crippen molar-refractivity contribution < 1.29 is 27.8 Å². The molecule has 0 unspecified atom stereocenters. The van der Waals surface area contributed by atoms with Gasteiger partial charge in [0.25, 0.3) is 0 Å². The zero-order valence-electron chi connectivity index (χ0n) is 13.1. The molecule has 8 heteroatoms. The van der Waals surface area contributed by atoms with Crippen LogP contribution in [0.1, 0.15) is 25.7 Å². The number of benzene rings is 1. The van der Waals surface area contributed by atoms with Crippen LogP contribution in [-0.4, -0.2) is 29.3 Å². The highest BCUT2D eigenvalue weighted by Gasteiger charge is 2.13. The minimum Gasteiger partial charge on any atom is -0.489 e. The van der Waals surface area contributed by atoms with E-state index in [-0.39, 0.29) is 41.9 Å². The first-order chi connectivity index (χ1) is 11.5. The predicted octanol–water partition coefficient (Wildman–Crippen LogP) is 3.81. The quantitative estimate of drug-likeness (QED) is 0.763. The Kier molecular flexibility index (Phi) is 6.11. The van der Waals surface area contributed by atoms with Crippen LogP contribution in [0.2, 0.25) is 0 Å². The number of hydrogen-bond donors (Lipinski definition) is 2. The highest BCUT2D eigenvalue weighted by molar-refractivity contribution is 5.75. The minimum absolute atomic E-state index is 0.0686. The number of oxazole rings is 1. The van der Waals surface area contributed by atoms with Gasteiger partial charge in [0.1, 0.15) is 17.9 Å². The third-order valence-electron chi connectivity index (χ3n) is 3.26. The fourth-order valence-corrected chi connectivity index (χ4v) is 2.02. The number of fused-ring (bicyclic) bond motifs is 1. The molecule has 0 radical (unpaired) electrons. The van der Waals surface area contributed by atoms with E-state index in [1.54, 1.807) is 0 Å². The van der Waals surface area contributed by atoms with Crippen LogP contribution in [0, 0.1) is 5.82 Å². The van der Waals surface area contributed by atoms with Gasteiger partial charge >= 0.3 is 6.09 Å². The first-order valence-electron chi connectivity index (χ1n) is 7.50. The molecule has 130 valence electrons. The topological polar surface area (TPSA) is 84.6 Å². The monoisotopic (exact) mass is 340 g/mol. The molecule has 0 aliphatic heterocycles. The van der Waals surface area contributed by atoms with Crippen molar-refractivity contribution in [2.24, 2.45) is 0 Å². The molecule has 0 aliphatic carbocycles. The maximum atomic E-state index is 14.1. The van der Waals surface area contributed by atoms with E-state index in [9.17, 15) is 13.6 Å². The molecule has 0 atom stereocenters. The first-order valence-corrected chi connectivity index (χ1v) is 7.50. The molecule has 2 aromatic rings. The molecule has 24 heavy (non-hydrogen) atoms. The molecule has 1 aromatic heterocycles. The zero-order chi connectivity index (χ0) is 17.5. The van der Waals surface area contributed by atoms with Gasteiger partial charge in [-0.15, -0.1) is 0 Å². The van der Waals surface area contributed by atoms with Crippen LogP contribution >= 0.6 is 0 Å². The lowest BCUT2D eigenvalue weighted by molar-refractivity contribution is 0.195. The second kappa shape index (κ2) is 8.28. The van der Waals surface area contributed by atoms with Gasteiger partial charge in [0.2, 0.25) is 0 Å². The molecule has 6 nitrogen and oxygen atoms in total. The summed E-state index contributed by atoms with van der Waals surface area (Å²) in [5.74, 6) is 0.00852. The van der Waals surface area contributed by atoms with E-state index < -0.39 is 11.9 Å². The van der Waals surface area contributed by atoms with E-state index in [1.807, 2.05) is 12.2 Å². The van der Waals surface area contributed by atoms with Crippen LogP contribution in [0.3, 0.4) is 0 Å². The molecule has 0 saturated heterocycles. The fourth-order valence-electron chi connectivity index (χ4n) is 2.02. The Hall–Kier alpha value is -2.64. The van der Waals surface area contributed by atoms with Crippen molar-refractivity contribution >= 4 is 17.2 Å². The molecule has 0 bridgehead atoms. The summed E-state index contributed by atoms with van der Waals surface area (Å²) in [6, 6.07) is 2.61. The summed E-state index contributed by atoms with van der Waals surface area (Å²) in [5, 5.41) is 10.5. The molecule has 2 N–H and O–H groups in total. The summed E-state index contributed by atoms with van der Waals surface area (Å²) in [4.78, 5) is 14.5. The van der Waals surface area contributed by atoms with E-state index in [0.717, 1.165) is 18.9 Å². The number of ether oxygens (including phenoxy) is 1. The van der Waals surface area contributed by atoms with Crippen molar-refractivity contribution in [3.8, 4) is 5.75 Å². The number of hydrogen-bond acceptors (Lipinski definition) is 4. The summed E-state index contributed by atoms with van der Waals surface area (Å²) in [6.45, 7) is 1.59. The summed E-state index contributed by atoms with van der Waals surface area (Å²) in [7, 11) is 0. The number of unbranched alkanes of at least 4 members (excludes halogenated alkanes) is 1. The van der Waals surface area contributed by atoms with E-state index in [2.05, 4.69) is 4.98 Å². The first kappa shape index (κ1) is 17.7. The standard InChI is InChI=1S/C16H18F2N2O4/c1-2-3-4-14-20-15-12(18)5-11(6-13(15)24-14)23-9-10(7-17)8-19-16(21)22/h5-7,19H,2-4,8-9H2,1H3,(H,21,22)/b10-7+. The van der Waals surface area contributed by atoms with Crippen molar-refractivity contribution in [1.29, 1.82) is 0 Å². The Morgan fingerprint density at radius 1 is 1.50 bits per heavy atom. The SMILES string of the molecule is CCCCc1nc2c(F)cc(OC/C(=C/F)CNC(=O)O)cc2o1. The third-order valence-corrected chi connectivity index (χ3v) is 3.26. The number of aromatic nitrogens is 1. The predicted molar refractivity (Wildman–Crippen MR) is 83.3 cm³/mol. The molecule has 0 spiro atoms. The molecule has 1 aromatic carbocycles. The number of rotatable bonds is 8. The lowest BCUT2D eigenvalue weighted by atomic mass is 10.2. The van der Waals surface area contributed by atoms with Crippen molar-refractivity contribution in [3.63, 3.8) is 0 Å². The van der Waals surface area contributed by atoms with Crippen LogP contribution < -0.4 is 10.1 Å². The van der Waals surface area contributed by atoms with Gasteiger partial charge in [0.15, 0.2) is 17.3 Å². The normalized spacial score (nSPS) is 11.7. The van der Waals surface area contributed by atoms with Crippen LogP contribution in [0.5, 0.6) is 5.75 Å². The molecular weight excluding hydrogens is 322 g/mol. The summed E-state index contributed by atoms with van der Waals surface area (Å²) in [5.41, 5.74) is 0.451. The molecule has 0 aliphatic rings. The number of halogens is 2. The van der Waals surface area contributed by atoms with Gasteiger partial charge in [-0.3, -0.25) is 0 Å². The lowest BCUT2D eigenvalue weighted by Crippen LogP contribution is -2.25. The Bertz CT molecular complexity index is 743. The number of amides is 1. The molecule has 1 amide bonds. The number of carbonyl (C=O) groups is 1.